The van der Waals surface area contributed by atoms with E-state index in [0.717, 1.165) is 11.4 Å². The summed E-state index contributed by atoms with van der Waals surface area (Å²) >= 11 is 0. The van der Waals surface area contributed by atoms with E-state index in [1.807, 2.05) is 24.3 Å². The van der Waals surface area contributed by atoms with Crippen LogP contribution in [0.25, 0.3) is 0 Å². The topological polar surface area (TPSA) is 88.9 Å². The summed E-state index contributed by atoms with van der Waals surface area (Å²) in [6.07, 6.45) is 0. The van der Waals surface area contributed by atoms with Crippen LogP contribution < -0.4 is 16.0 Å². The van der Waals surface area contributed by atoms with Crippen molar-refractivity contribution >= 4 is 11.4 Å². The Morgan fingerprint density at radius 2 is 1.68 bits per heavy atom. The molecule has 0 aliphatic carbocycles. The molecule has 0 saturated carbocycles. The van der Waals surface area contributed by atoms with Crippen LogP contribution in [0.3, 0.4) is 0 Å². The molecule has 5 nitrogen and oxygen atoms in total. The van der Waals surface area contributed by atoms with Gasteiger partial charge in [0.1, 0.15) is 17.5 Å². The highest BCUT2D eigenvalue weighted by Crippen LogP contribution is 2.47. The van der Waals surface area contributed by atoms with Gasteiger partial charge in [-0.15, -0.1) is 0 Å². The minimum atomic E-state index is -0.843. The highest BCUT2D eigenvalue weighted by molar-refractivity contribution is 5.86. The number of fused-ring (bicyclic) bond motifs is 3. The van der Waals surface area contributed by atoms with Crippen molar-refractivity contribution in [3.63, 3.8) is 0 Å². The van der Waals surface area contributed by atoms with Crippen LogP contribution in [0.4, 0.5) is 15.8 Å². The molecule has 1 atom stereocenters. The van der Waals surface area contributed by atoms with Gasteiger partial charge in [0.2, 0.25) is 0 Å². The van der Waals surface area contributed by atoms with Crippen molar-refractivity contribution in [3.05, 3.63) is 82.7 Å². The third-order valence-corrected chi connectivity index (χ3v) is 4.43. The fourth-order valence-corrected chi connectivity index (χ4v) is 3.33. The first-order chi connectivity index (χ1) is 12.2. The SMILES string of the molecule is N#CC1=C(N)N2C(=C(C#N)[C@H]1c1ccccc1F)Nc1ccccc12. The molecule has 0 spiro atoms. The van der Waals surface area contributed by atoms with Gasteiger partial charge < -0.3 is 11.1 Å². The molecule has 2 aliphatic rings. The molecule has 2 aromatic carbocycles. The van der Waals surface area contributed by atoms with Crippen LogP contribution in [0, 0.1) is 28.5 Å². The van der Waals surface area contributed by atoms with E-state index in [0.29, 0.717) is 5.82 Å². The van der Waals surface area contributed by atoms with Gasteiger partial charge in [0.15, 0.2) is 0 Å². The van der Waals surface area contributed by atoms with E-state index in [2.05, 4.69) is 17.5 Å². The number of allylic oxidation sites excluding steroid dienone is 2. The molecule has 0 aromatic heterocycles. The van der Waals surface area contributed by atoms with Crippen molar-refractivity contribution in [1.82, 2.24) is 0 Å². The van der Waals surface area contributed by atoms with Crippen molar-refractivity contribution in [1.29, 1.82) is 10.5 Å². The molecule has 2 aromatic rings. The van der Waals surface area contributed by atoms with E-state index in [4.69, 9.17) is 5.73 Å². The van der Waals surface area contributed by atoms with Crippen LogP contribution in [0.15, 0.2) is 71.3 Å². The van der Waals surface area contributed by atoms with E-state index in [1.54, 1.807) is 23.1 Å². The zero-order valence-corrected chi connectivity index (χ0v) is 13.0. The minimum absolute atomic E-state index is 0.156. The van der Waals surface area contributed by atoms with Crippen molar-refractivity contribution in [2.24, 2.45) is 5.73 Å². The fourth-order valence-electron chi connectivity index (χ4n) is 3.33. The molecule has 4 rings (SSSR count). The first-order valence-corrected chi connectivity index (χ1v) is 7.62. The van der Waals surface area contributed by atoms with Gasteiger partial charge in [-0.1, -0.05) is 30.3 Å². The van der Waals surface area contributed by atoms with Gasteiger partial charge in [-0.25, -0.2) is 4.39 Å². The summed E-state index contributed by atoms with van der Waals surface area (Å²) < 4.78 is 14.4. The Morgan fingerprint density at radius 3 is 2.40 bits per heavy atom. The number of anilines is 2. The molecule has 0 unspecified atom stereocenters. The average molecular weight is 329 g/mol. The summed E-state index contributed by atoms with van der Waals surface area (Å²) in [6.45, 7) is 0. The Hall–Kier alpha value is -3.77. The Morgan fingerprint density at radius 1 is 1.00 bits per heavy atom. The molecule has 2 heterocycles. The molecular weight excluding hydrogens is 317 g/mol. The van der Waals surface area contributed by atoms with Gasteiger partial charge in [0.05, 0.1) is 40.6 Å². The smallest absolute Gasteiger partial charge is 0.131 e. The van der Waals surface area contributed by atoms with Crippen LogP contribution in [-0.2, 0) is 0 Å². The van der Waals surface area contributed by atoms with E-state index in [9.17, 15) is 14.9 Å². The van der Waals surface area contributed by atoms with Crippen molar-refractivity contribution in [2.45, 2.75) is 5.92 Å². The molecule has 0 amide bonds. The lowest BCUT2D eigenvalue weighted by atomic mass is 9.83. The predicted octanol–water partition coefficient (Wildman–Crippen LogP) is 3.28. The lowest BCUT2D eigenvalue weighted by Crippen LogP contribution is -2.34. The quantitative estimate of drug-likeness (QED) is 0.838. The Bertz CT molecular complexity index is 1040. The van der Waals surface area contributed by atoms with Gasteiger partial charge in [-0.3, -0.25) is 4.90 Å². The number of nitrogens with two attached hydrogens (primary N) is 1. The van der Waals surface area contributed by atoms with Gasteiger partial charge >= 0.3 is 0 Å². The lowest BCUT2D eigenvalue weighted by molar-refractivity contribution is 0.605. The summed E-state index contributed by atoms with van der Waals surface area (Å²) in [4.78, 5) is 1.64. The summed E-state index contributed by atoms with van der Waals surface area (Å²) in [5.41, 5.74) is 8.46. The van der Waals surface area contributed by atoms with Gasteiger partial charge in [0.25, 0.3) is 0 Å². The third-order valence-electron chi connectivity index (χ3n) is 4.43. The second kappa shape index (κ2) is 5.40. The van der Waals surface area contributed by atoms with Crippen LogP contribution in [0.2, 0.25) is 0 Å². The maximum Gasteiger partial charge on any atom is 0.131 e. The minimum Gasteiger partial charge on any atom is -0.384 e. The number of nitriles is 2. The van der Waals surface area contributed by atoms with E-state index in [1.165, 1.54) is 6.07 Å². The highest BCUT2D eigenvalue weighted by Gasteiger charge is 2.40. The Balaban J connectivity index is 2.00. The molecule has 0 saturated heterocycles. The first kappa shape index (κ1) is 14.8. The number of hydrogen-bond donors (Lipinski definition) is 2. The fraction of sp³-hybridized carbons (Fsp3) is 0.0526. The molecule has 3 N–H and O–H groups in total. The van der Waals surface area contributed by atoms with Crippen molar-refractivity contribution in [3.8, 4) is 12.1 Å². The van der Waals surface area contributed by atoms with Crippen LogP contribution in [-0.4, -0.2) is 0 Å². The van der Waals surface area contributed by atoms with Gasteiger partial charge in [-0.2, -0.15) is 10.5 Å². The predicted molar refractivity (Wildman–Crippen MR) is 91.2 cm³/mol. The van der Waals surface area contributed by atoms with Crippen molar-refractivity contribution in [2.75, 3.05) is 10.2 Å². The number of hydrogen-bond acceptors (Lipinski definition) is 5. The lowest BCUT2D eigenvalue weighted by Gasteiger charge is -2.31. The van der Waals surface area contributed by atoms with Crippen LogP contribution in [0.5, 0.6) is 0 Å². The van der Waals surface area contributed by atoms with E-state index in [-0.39, 0.29) is 22.5 Å². The maximum absolute atomic E-state index is 14.4. The molecule has 6 heteroatoms. The molecule has 120 valence electrons. The molecule has 2 aliphatic heterocycles. The number of nitrogens with zero attached hydrogens (tertiary/aromatic N) is 3. The molecule has 0 fully saturated rings. The second-order valence-electron chi connectivity index (χ2n) is 5.72. The van der Waals surface area contributed by atoms with Crippen molar-refractivity contribution < 1.29 is 4.39 Å². The Kier molecular flexibility index (Phi) is 3.19. The summed E-state index contributed by atoms with van der Waals surface area (Å²) in [5.74, 6) is -0.662. The van der Waals surface area contributed by atoms with Gasteiger partial charge in [-0.05, 0) is 18.2 Å². The van der Waals surface area contributed by atoms with Gasteiger partial charge in [0, 0.05) is 5.56 Å². The number of nitrogens with one attached hydrogen (secondary N) is 1. The first-order valence-electron chi connectivity index (χ1n) is 7.62. The standard InChI is InChI=1S/C19H12FN5/c20-14-6-2-1-5-11(14)17-12(9-21)18(23)25-16-8-4-3-7-15(16)24-19(25)13(17)10-22/h1-8,17,24H,23H2/t17-/m0/s1. The van der Waals surface area contributed by atoms with E-state index >= 15 is 0 Å². The molecule has 25 heavy (non-hydrogen) atoms. The number of rotatable bonds is 1. The largest absolute Gasteiger partial charge is 0.384 e. The molecule has 0 bridgehead atoms. The summed E-state index contributed by atoms with van der Waals surface area (Å²) in [7, 11) is 0. The van der Waals surface area contributed by atoms with E-state index < -0.39 is 11.7 Å². The zero-order chi connectivity index (χ0) is 17.6. The summed E-state index contributed by atoms with van der Waals surface area (Å²) in [5, 5.41) is 22.6. The molecular formula is C19H12FN5. The van der Waals surface area contributed by atoms with Crippen LogP contribution >= 0.6 is 0 Å². The molecule has 0 radical (unpaired) electrons. The average Bonchev–Trinajstić information content (AvgIpc) is 3.01. The number of benzene rings is 2. The normalized spacial score (nSPS) is 18.2. The Labute approximate surface area is 143 Å². The second-order valence-corrected chi connectivity index (χ2v) is 5.72. The highest BCUT2D eigenvalue weighted by atomic mass is 19.1. The zero-order valence-electron chi connectivity index (χ0n) is 13.0. The number of para-hydroxylation sites is 2. The summed E-state index contributed by atoms with van der Waals surface area (Å²) in [6, 6.07) is 17.7. The maximum atomic E-state index is 14.4. The van der Waals surface area contributed by atoms with Crippen LogP contribution in [0.1, 0.15) is 11.5 Å². The monoisotopic (exact) mass is 329 g/mol. The third kappa shape index (κ3) is 1.98. The number of halogens is 1.